The predicted molar refractivity (Wildman–Crippen MR) is 152 cm³/mol. The first-order valence-electron chi connectivity index (χ1n) is 12.7. The van der Waals surface area contributed by atoms with Gasteiger partial charge in [0.15, 0.2) is 0 Å². The zero-order valence-electron chi connectivity index (χ0n) is 20.9. The number of para-hydroxylation sites is 2. The molecule has 8 nitrogen and oxygen atoms in total. The molecule has 8 aromatic rings. The Labute approximate surface area is 227 Å². The van der Waals surface area contributed by atoms with Crippen LogP contribution in [0.5, 0.6) is 0 Å². The van der Waals surface area contributed by atoms with Crippen molar-refractivity contribution in [2.45, 2.75) is 0 Å². The second-order valence-corrected chi connectivity index (χ2v) is 9.38. The number of hydrogen-bond acceptors (Lipinski definition) is 8. The summed E-state index contributed by atoms with van der Waals surface area (Å²) in [4.78, 5) is 9.31. The molecule has 8 rings (SSSR count). The van der Waals surface area contributed by atoms with Crippen LogP contribution in [0.4, 0.5) is 0 Å². The van der Waals surface area contributed by atoms with E-state index in [4.69, 9.17) is 8.83 Å². The molecule has 0 unspecified atom stereocenters. The van der Waals surface area contributed by atoms with Gasteiger partial charge in [-0.1, -0.05) is 60.7 Å². The van der Waals surface area contributed by atoms with Crippen molar-refractivity contribution in [1.29, 1.82) is 0 Å². The Morgan fingerprint density at radius 3 is 1.30 bits per heavy atom. The number of fused-ring (bicyclic) bond motifs is 3. The van der Waals surface area contributed by atoms with Gasteiger partial charge in [-0.2, -0.15) is 0 Å². The molecule has 4 aromatic heterocycles. The SMILES string of the molecule is c1ccc2nc(-c3nnc(-c4ccc5cc(-c6nnc(-c7ccc8ccccc8n7)o6)ccc5c4)o3)ccc2c1. The van der Waals surface area contributed by atoms with E-state index in [-0.39, 0.29) is 0 Å². The normalized spacial score (nSPS) is 11.5. The van der Waals surface area contributed by atoms with Gasteiger partial charge in [-0.25, -0.2) is 9.97 Å². The topological polar surface area (TPSA) is 104 Å². The largest absolute Gasteiger partial charge is 0.415 e. The fourth-order valence-electron chi connectivity index (χ4n) is 4.77. The molecule has 4 aromatic carbocycles. The summed E-state index contributed by atoms with van der Waals surface area (Å²) < 4.78 is 12.0. The minimum atomic E-state index is 0.379. The maximum atomic E-state index is 5.99. The number of aromatic nitrogens is 6. The molecule has 0 atom stereocenters. The summed E-state index contributed by atoms with van der Waals surface area (Å²) in [5.41, 5.74) is 4.68. The van der Waals surface area contributed by atoms with Gasteiger partial charge >= 0.3 is 0 Å². The van der Waals surface area contributed by atoms with Gasteiger partial charge in [-0.3, -0.25) is 0 Å². The van der Waals surface area contributed by atoms with E-state index in [1.165, 1.54) is 0 Å². The minimum Gasteiger partial charge on any atom is -0.415 e. The summed E-state index contributed by atoms with van der Waals surface area (Å²) in [6.07, 6.45) is 0. The molecule has 0 fully saturated rings. The lowest BCUT2D eigenvalue weighted by Gasteiger charge is -2.03. The van der Waals surface area contributed by atoms with Crippen LogP contribution in [-0.2, 0) is 0 Å². The molecule has 8 heteroatoms. The maximum Gasteiger partial charge on any atom is 0.266 e. The lowest BCUT2D eigenvalue weighted by atomic mass is 10.0. The van der Waals surface area contributed by atoms with E-state index in [2.05, 4.69) is 30.4 Å². The summed E-state index contributed by atoms with van der Waals surface area (Å²) in [6.45, 7) is 0. The van der Waals surface area contributed by atoms with Crippen LogP contribution < -0.4 is 0 Å². The maximum absolute atomic E-state index is 5.99. The molecule has 0 saturated carbocycles. The van der Waals surface area contributed by atoms with Crippen molar-refractivity contribution in [1.82, 2.24) is 30.4 Å². The van der Waals surface area contributed by atoms with Gasteiger partial charge in [0.05, 0.1) is 11.0 Å². The highest BCUT2D eigenvalue weighted by Crippen LogP contribution is 2.30. The van der Waals surface area contributed by atoms with Gasteiger partial charge in [0, 0.05) is 21.9 Å². The fourth-order valence-corrected chi connectivity index (χ4v) is 4.77. The van der Waals surface area contributed by atoms with Gasteiger partial charge < -0.3 is 8.83 Å². The number of hydrogen-bond donors (Lipinski definition) is 0. The third kappa shape index (κ3) is 3.86. The van der Waals surface area contributed by atoms with Crippen LogP contribution in [0.25, 0.3) is 78.7 Å². The molecule has 4 heterocycles. The van der Waals surface area contributed by atoms with E-state index >= 15 is 0 Å². The highest BCUT2D eigenvalue weighted by molar-refractivity contribution is 5.89. The Balaban J connectivity index is 1.08. The first-order valence-corrected chi connectivity index (χ1v) is 12.7. The molecule has 188 valence electrons. The summed E-state index contributed by atoms with van der Waals surface area (Å²) in [6, 6.07) is 35.6. The first kappa shape index (κ1) is 22.2. The molecule has 40 heavy (non-hydrogen) atoms. The molecule has 0 aliphatic heterocycles. The van der Waals surface area contributed by atoms with Gasteiger partial charge in [0.2, 0.25) is 11.8 Å². The molecule has 0 saturated heterocycles. The second-order valence-electron chi connectivity index (χ2n) is 9.38. The molecule has 0 radical (unpaired) electrons. The standard InChI is InChI=1S/C32H18N6O2/c1-3-7-25-19(5-1)13-15-27(33-25)31-37-35-29(39-31)23-11-9-22-18-24(12-10-21(22)17-23)30-36-38-32(40-30)28-16-14-20-6-2-4-8-26(20)34-28/h1-18H. The van der Waals surface area contributed by atoms with Crippen molar-refractivity contribution < 1.29 is 8.83 Å². The number of benzene rings is 4. The van der Waals surface area contributed by atoms with E-state index in [1.807, 2.05) is 109 Å². The van der Waals surface area contributed by atoms with Gasteiger partial charge in [0.1, 0.15) is 11.4 Å². The van der Waals surface area contributed by atoms with Crippen molar-refractivity contribution in [2.75, 3.05) is 0 Å². The lowest BCUT2D eigenvalue weighted by molar-refractivity contribution is 0.582. The van der Waals surface area contributed by atoms with Crippen LogP contribution in [0.1, 0.15) is 0 Å². The average molecular weight is 519 g/mol. The van der Waals surface area contributed by atoms with Crippen LogP contribution in [0.15, 0.2) is 118 Å². The van der Waals surface area contributed by atoms with Crippen molar-refractivity contribution in [2.24, 2.45) is 0 Å². The molecular formula is C32H18N6O2. The van der Waals surface area contributed by atoms with Crippen molar-refractivity contribution in [3.63, 3.8) is 0 Å². The van der Waals surface area contributed by atoms with E-state index in [1.54, 1.807) is 0 Å². The summed E-state index contributed by atoms with van der Waals surface area (Å²) in [7, 11) is 0. The summed E-state index contributed by atoms with van der Waals surface area (Å²) >= 11 is 0. The quantitative estimate of drug-likeness (QED) is 0.238. The average Bonchev–Trinajstić information content (AvgIpc) is 3.71. The van der Waals surface area contributed by atoms with E-state index < -0.39 is 0 Å². The number of nitrogens with zero attached hydrogens (tertiary/aromatic N) is 6. The van der Waals surface area contributed by atoms with Crippen LogP contribution in [0.3, 0.4) is 0 Å². The summed E-state index contributed by atoms with van der Waals surface area (Å²) in [5.74, 6) is 1.62. The van der Waals surface area contributed by atoms with Crippen molar-refractivity contribution >= 4 is 32.6 Å². The molecule has 0 aliphatic carbocycles. The third-order valence-corrected chi connectivity index (χ3v) is 6.82. The molecular weight excluding hydrogens is 500 g/mol. The third-order valence-electron chi connectivity index (χ3n) is 6.82. The molecule has 0 spiro atoms. The lowest BCUT2D eigenvalue weighted by Crippen LogP contribution is -1.85. The molecule has 0 amide bonds. The minimum absolute atomic E-state index is 0.379. The second kappa shape index (κ2) is 8.92. The Morgan fingerprint density at radius 2 is 0.800 bits per heavy atom. The number of rotatable bonds is 4. The number of pyridine rings is 2. The molecule has 0 aliphatic rings. The smallest absolute Gasteiger partial charge is 0.266 e. The predicted octanol–water partition coefficient (Wildman–Crippen LogP) is 7.37. The Kier molecular flexibility index (Phi) is 4.96. The van der Waals surface area contributed by atoms with Crippen LogP contribution >= 0.6 is 0 Å². The van der Waals surface area contributed by atoms with Crippen LogP contribution in [-0.4, -0.2) is 30.4 Å². The van der Waals surface area contributed by atoms with E-state index in [9.17, 15) is 0 Å². The Bertz CT molecular complexity index is 2040. The molecule has 0 bridgehead atoms. The summed E-state index contributed by atoms with van der Waals surface area (Å²) in [5, 5.41) is 21.2. The van der Waals surface area contributed by atoms with Crippen molar-refractivity contribution in [3.05, 3.63) is 109 Å². The fraction of sp³-hybridized carbons (Fsp3) is 0. The van der Waals surface area contributed by atoms with Gasteiger partial charge in [-0.05, 0) is 59.3 Å². The zero-order valence-corrected chi connectivity index (χ0v) is 20.9. The monoisotopic (exact) mass is 518 g/mol. The van der Waals surface area contributed by atoms with Crippen molar-refractivity contribution in [3.8, 4) is 46.1 Å². The molecule has 0 N–H and O–H groups in total. The highest BCUT2D eigenvalue weighted by atomic mass is 16.4. The van der Waals surface area contributed by atoms with E-state index in [0.29, 0.717) is 35.0 Å². The van der Waals surface area contributed by atoms with Crippen LogP contribution in [0.2, 0.25) is 0 Å². The first-order chi connectivity index (χ1) is 19.8. The van der Waals surface area contributed by atoms with Crippen LogP contribution in [0, 0.1) is 0 Å². The zero-order chi connectivity index (χ0) is 26.5. The van der Waals surface area contributed by atoms with Gasteiger partial charge in [0.25, 0.3) is 11.8 Å². The Hall–Kier alpha value is -5.76. The van der Waals surface area contributed by atoms with E-state index in [0.717, 1.165) is 43.7 Å². The highest BCUT2D eigenvalue weighted by Gasteiger charge is 2.15. The Morgan fingerprint density at radius 1 is 0.375 bits per heavy atom. The van der Waals surface area contributed by atoms with Gasteiger partial charge in [-0.15, -0.1) is 20.4 Å².